The second-order valence-electron chi connectivity index (χ2n) is 6.59. The first kappa shape index (κ1) is 17.9. The van der Waals surface area contributed by atoms with Gasteiger partial charge in [-0.2, -0.15) is 5.10 Å². The standard InChI is InChI=1S/C20H25N5O/c1-13-12-19(17-7-5-6-8-18(17)23-13)21-9-10-22-20(26)16(4)25-15(3)11-14(2)24-25/h5-8,11-12,16H,9-10H2,1-4H3,(H,21,23)(H,22,26)/t16-/m1/s1. The van der Waals surface area contributed by atoms with Crippen molar-refractivity contribution in [3.63, 3.8) is 0 Å². The van der Waals surface area contributed by atoms with E-state index in [2.05, 4.69) is 20.7 Å². The number of fused-ring (bicyclic) bond motifs is 1. The molecule has 0 spiro atoms. The fourth-order valence-corrected chi connectivity index (χ4v) is 3.13. The van der Waals surface area contributed by atoms with Crippen LogP contribution in [0.15, 0.2) is 36.4 Å². The molecule has 2 aromatic heterocycles. The molecule has 2 N–H and O–H groups in total. The van der Waals surface area contributed by atoms with Gasteiger partial charge < -0.3 is 10.6 Å². The predicted molar refractivity (Wildman–Crippen MR) is 104 cm³/mol. The largest absolute Gasteiger partial charge is 0.383 e. The van der Waals surface area contributed by atoms with Crippen LogP contribution < -0.4 is 10.6 Å². The molecule has 3 aromatic rings. The number of para-hydroxylation sites is 1. The lowest BCUT2D eigenvalue weighted by Gasteiger charge is -2.15. The lowest BCUT2D eigenvalue weighted by atomic mass is 10.1. The Labute approximate surface area is 153 Å². The van der Waals surface area contributed by atoms with E-state index in [1.807, 2.05) is 64.1 Å². The molecule has 0 unspecified atom stereocenters. The number of anilines is 1. The lowest BCUT2D eigenvalue weighted by Crippen LogP contribution is -2.35. The van der Waals surface area contributed by atoms with Crippen LogP contribution >= 0.6 is 0 Å². The third kappa shape index (κ3) is 3.85. The number of carbonyl (C=O) groups excluding carboxylic acids is 1. The van der Waals surface area contributed by atoms with E-state index < -0.39 is 0 Å². The number of pyridine rings is 1. The van der Waals surface area contributed by atoms with Crippen LogP contribution in [0.5, 0.6) is 0 Å². The fourth-order valence-electron chi connectivity index (χ4n) is 3.13. The fraction of sp³-hybridized carbons (Fsp3) is 0.350. The first-order valence-electron chi connectivity index (χ1n) is 8.86. The molecule has 0 bridgehead atoms. The van der Waals surface area contributed by atoms with Crippen LogP contribution in [0.25, 0.3) is 10.9 Å². The van der Waals surface area contributed by atoms with Crippen molar-refractivity contribution >= 4 is 22.5 Å². The zero-order valence-electron chi connectivity index (χ0n) is 15.7. The predicted octanol–water partition coefficient (Wildman–Crippen LogP) is 3.15. The van der Waals surface area contributed by atoms with Crippen LogP contribution in [-0.2, 0) is 4.79 Å². The van der Waals surface area contributed by atoms with Crippen LogP contribution in [0.4, 0.5) is 5.69 Å². The molecule has 0 aliphatic heterocycles. The van der Waals surface area contributed by atoms with Gasteiger partial charge in [-0.25, -0.2) is 0 Å². The number of rotatable bonds is 6. The minimum absolute atomic E-state index is 0.0335. The number of hydrogen-bond donors (Lipinski definition) is 2. The van der Waals surface area contributed by atoms with Crippen LogP contribution in [0.3, 0.4) is 0 Å². The average molecular weight is 351 g/mol. The van der Waals surface area contributed by atoms with Gasteiger partial charge in [0.2, 0.25) is 5.91 Å². The first-order valence-corrected chi connectivity index (χ1v) is 8.86. The van der Waals surface area contributed by atoms with E-state index in [1.165, 1.54) is 0 Å². The van der Waals surface area contributed by atoms with Gasteiger partial charge in [0, 0.05) is 35.6 Å². The molecule has 1 aromatic carbocycles. The van der Waals surface area contributed by atoms with Gasteiger partial charge in [0.1, 0.15) is 6.04 Å². The van der Waals surface area contributed by atoms with Gasteiger partial charge in [-0.05, 0) is 45.9 Å². The number of amides is 1. The van der Waals surface area contributed by atoms with E-state index in [0.717, 1.165) is 33.7 Å². The third-order valence-corrected chi connectivity index (χ3v) is 4.37. The minimum Gasteiger partial charge on any atom is -0.383 e. The Morgan fingerprint density at radius 2 is 1.88 bits per heavy atom. The molecule has 0 saturated carbocycles. The molecule has 6 nitrogen and oxygen atoms in total. The third-order valence-electron chi connectivity index (χ3n) is 4.37. The maximum absolute atomic E-state index is 12.4. The zero-order chi connectivity index (χ0) is 18.7. The van der Waals surface area contributed by atoms with Crippen molar-refractivity contribution in [2.45, 2.75) is 33.7 Å². The van der Waals surface area contributed by atoms with Gasteiger partial charge in [-0.15, -0.1) is 0 Å². The summed E-state index contributed by atoms with van der Waals surface area (Å²) in [4.78, 5) is 16.9. The van der Waals surface area contributed by atoms with Crippen molar-refractivity contribution in [1.82, 2.24) is 20.1 Å². The molecule has 1 amide bonds. The van der Waals surface area contributed by atoms with Crippen molar-refractivity contribution in [1.29, 1.82) is 0 Å². The molecule has 2 heterocycles. The average Bonchev–Trinajstić information content (AvgIpc) is 2.95. The summed E-state index contributed by atoms with van der Waals surface area (Å²) >= 11 is 0. The second kappa shape index (κ2) is 7.56. The summed E-state index contributed by atoms with van der Waals surface area (Å²) in [5, 5.41) is 11.8. The number of benzene rings is 1. The molecule has 1 atom stereocenters. The Morgan fingerprint density at radius 1 is 1.12 bits per heavy atom. The van der Waals surface area contributed by atoms with Crippen LogP contribution in [0, 0.1) is 20.8 Å². The maximum Gasteiger partial charge on any atom is 0.244 e. The van der Waals surface area contributed by atoms with Gasteiger partial charge in [-0.1, -0.05) is 18.2 Å². The number of nitrogens with one attached hydrogen (secondary N) is 2. The molecule has 0 aliphatic carbocycles. The highest BCUT2D eigenvalue weighted by molar-refractivity contribution is 5.91. The number of hydrogen-bond acceptors (Lipinski definition) is 4. The van der Waals surface area contributed by atoms with Crippen molar-refractivity contribution < 1.29 is 4.79 Å². The Hall–Kier alpha value is -2.89. The van der Waals surface area contributed by atoms with Gasteiger partial charge >= 0.3 is 0 Å². The highest BCUT2D eigenvalue weighted by Crippen LogP contribution is 2.22. The molecule has 3 rings (SSSR count). The van der Waals surface area contributed by atoms with Crippen molar-refractivity contribution in [2.75, 3.05) is 18.4 Å². The molecular weight excluding hydrogens is 326 g/mol. The quantitative estimate of drug-likeness (QED) is 0.669. The summed E-state index contributed by atoms with van der Waals surface area (Å²) in [6.45, 7) is 8.92. The first-order chi connectivity index (χ1) is 12.5. The highest BCUT2D eigenvalue weighted by Gasteiger charge is 2.17. The topological polar surface area (TPSA) is 71.8 Å². The SMILES string of the molecule is Cc1cc(NCCNC(=O)[C@@H](C)n2nc(C)cc2C)c2ccccc2n1. The maximum atomic E-state index is 12.4. The molecule has 0 saturated heterocycles. The molecule has 26 heavy (non-hydrogen) atoms. The summed E-state index contributed by atoms with van der Waals surface area (Å²) in [7, 11) is 0. The van der Waals surface area contributed by atoms with Gasteiger partial charge in [-0.3, -0.25) is 14.5 Å². The monoisotopic (exact) mass is 351 g/mol. The Kier molecular flexibility index (Phi) is 5.21. The summed E-state index contributed by atoms with van der Waals surface area (Å²) in [5.74, 6) is -0.0335. The summed E-state index contributed by atoms with van der Waals surface area (Å²) in [6, 6.07) is 11.7. The second-order valence-corrected chi connectivity index (χ2v) is 6.59. The molecule has 0 aliphatic rings. The van der Waals surface area contributed by atoms with E-state index in [4.69, 9.17) is 0 Å². The van der Waals surface area contributed by atoms with Crippen molar-refractivity contribution in [3.05, 3.63) is 53.5 Å². The van der Waals surface area contributed by atoms with E-state index in [9.17, 15) is 4.79 Å². The van der Waals surface area contributed by atoms with E-state index in [1.54, 1.807) is 4.68 Å². The van der Waals surface area contributed by atoms with E-state index in [-0.39, 0.29) is 11.9 Å². The summed E-state index contributed by atoms with van der Waals surface area (Å²) in [6.07, 6.45) is 0. The van der Waals surface area contributed by atoms with Gasteiger partial charge in [0.15, 0.2) is 0 Å². The van der Waals surface area contributed by atoms with Gasteiger partial charge in [0.25, 0.3) is 0 Å². The smallest absolute Gasteiger partial charge is 0.244 e. The van der Waals surface area contributed by atoms with E-state index >= 15 is 0 Å². The number of aryl methyl sites for hydroxylation is 3. The lowest BCUT2D eigenvalue weighted by molar-refractivity contribution is -0.124. The van der Waals surface area contributed by atoms with Crippen molar-refractivity contribution in [2.24, 2.45) is 0 Å². The van der Waals surface area contributed by atoms with Crippen LogP contribution in [0.2, 0.25) is 0 Å². The molecule has 0 fully saturated rings. The van der Waals surface area contributed by atoms with Crippen molar-refractivity contribution in [3.8, 4) is 0 Å². The van der Waals surface area contributed by atoms with Crippen LogP contribution in [-0.4, -0.2) is 33.8 Å². The van der Waals surface area contributed by atoms with Gasteiger partial charge in [0.05, 0.1) is 11.2 Å². The molecule has 136 valence electrons. The number of aromatic nitrogens is 3. The molecular formula is C20H25N5O. The summed E-state index contributed by atoms with van der Waals surface area (Å²) < 4.78 is 1.76. The van der Waals surface area contributed by atoms with E-state index in [0.29, 0.717) is 13.1 Å². The van der Waals surface area contributed by atoms with Crippen LogP contribution in [0.1, 0.15) is 30.0 Å². The highest BCUT2D eigenvalue weighted by atomic mass is 16.2. The Morgan fingerprint density at radius 3 is 2.62 bits per heavy atom. The number of carbonyl (C=O) groups is 1. The molecule has 0 radical (unpaired) electrons. The normalized spacial score (nSPS) is 12.2. The zero-order valence-corrected chi connectivity index (χ0v) is 15.7. The Balaban J connectivity index is 1.57. The number of nitrogens with zero attached hydrogens (tertiary/aromatic N) is 3. The Bertz CT molecular complexity index is 931. The minimum atomic E-state index is -0.326. The molecule has 6 heteroatoms. The summed E-state index contributed by atoms with van der Waals surface area (Å²) in [5.41, 5.74) is 4.88.